The Labute approximate surface area is 530 Å². The van der Waals surface area contributed by atoms with Crippen LogP contribution in [0.15, 0.2) is 85.1 Å². The number of carbonyl (C=O) groups is 2. The number of esters is 1. The Balaban J connectivity index is 1.70. The lowest BCUT2D eigenvalue weighted by Crippen LogP contribution is -2.62. The smallest absolute Gasteiger partial charge is 0.308 e. The van der Waals surface area contributed by atoms with E-state index in [0.29, 0.717) is 79.3 Å². The zero-order valence-corrected chi connectivity index (χ0v) is 53.2. The van der Waals surface area contributed by atoms with Crippen molar-refractivity contribution in [3.63, 3.8) is 0 Å². The van der Waals surface area contributed by atoms with Gasteiger partial charge in [0.05, 0.1) is 185 Å². The maximum Gasteiger partial charge on any atom is 0.308 e. The summed E-state index contributed by atoms with van der Waals surface area (Å²) in [7, 11) is 1.62. The van der Waals surface area contributed by atoms with Gasteiger partial charge in [-0.3, -0.25) is 9.59 Å². The molecule has 2 bridgehead atoms. The van der Waals surface area contributed by atoms with Gasteiger partial charge in [0, 0.05) is 51.2 Å². The van der Waals surface area contributed by atoms with Crippen LogP contribution in [-0.4, -0.2) is 273 Å². The third-order valence-electron chi connectivity index (χ3n) is 15.2. The first kappa shape index (κ1) is 80.5. The standard InChI is InChI=1S/C64H108N2O24/c1-44-18-16-14-12-10-8-6-7-9-11-13-15-17-19-51(89-63-61(76)58(65)60(75)47(4)88-63)41-55-57(62(77)66-22-23-80-26-27-82-30-31-84-34-35-86-37-36-85-33-32-83-29-28-81-25-24-79-5)54(72)43-64(78,90-55)42-50(69)39-53(71)52(70)21-20-48(67)38-49(68)40-56(73)87-46(3)45(2)59(44)74/h6-19,44-55,57-61,63,67-72,74-76,78H,20-43,65H2,1-5H3,(H,66,77)/t44-,45-,46-,47+,48+,49+,50-,51-,52+,53+,54-,55-,57+,58-,59+,60+,61-,63-,64+/m0/s1. The highest BCUT2D eigenvalue weighted by Gasteiger charge is 2.51. The van der Waals surface area contributed by atoms with Crippen molar-refractivity contribution in [3.8, 4) is 0 Å². The predicted molar refractivity (Wildman–Crippen MR) is 330 cm³/mol. The highest BCUT2D eigenvalue weighted by atomic mass is 16.7. The molecule has 19 atom stereocenters. The van der Waals surface area contributed by atoms with E-state index in [9.17, 15) is 60.7 Å². The van der Waals surface area contributed by atoms with Gasteiger partial charge in [0.15, 0.2) is 12.1 Å². The molecule has 0 radical (unpaired) electrons. The van der Waals surface area contributed by atoms with Gasteiger partial charge in [-0.1, -0.05) is 98.9 Å². The van der Waals surface area contributed by atoms with Crippen molar-refractivity contribution in [3.05, 3.63) is 85.1 Å². The molecule has 0 spiro atoms. The molecule has 3 aliphatic heterocycles. The molecular formula is C64H108N2O24. The number of amides is 1. The van der Waals surface area contributed by atoms with E-state index in [4.69, 9.17) is 62.6 Å². The normalized spacial score (nSPS) is 33.7. The van der Waals surface area contributed by atoms with Crippen LogP contribution in [0, 0.1) is 17.8 Å². The number of carbonyl (C=O) groups excluding carboxylic acids is 2. The van der Waals surface area contributed by atoms with Gasteiger partial charge in [-0.15, -0.1) is 0 Å². The summed E-state index contributed by atoms with van der Waals surface area (Å²) in [6.07, 6.45) is 3.90. The Hall–Kier alpha value is -3.76. The number of ether oxygens (including phenoxy) is 12. The fourth-order valence-electron chi connectivity index (χ4n) is 9.92. The molecule has 13 N–H and O–H groups in total. The highest BCUT2D eigenvalue weighted by Crippen LogP contribution is 2.38. The lowest BCUT2D eigenvalue weighted by atomic mass is 9.82. The van der Waals surface area contributed by atoms with Crippen LogP contribution in [0.1, 0.15) is 79.1 Å². The van der Waals surface area contributed by atoms with Crippen molar-refractivity contribution in [1.29, 1.82) is 0 Å². The molecular weight excluding hydrogens is 1180 g/mol. The topological polar surface area (TPSA) is 385 Å². The molecule has 3 heterocycles. The minimum Gasteiger partial charge on any atom is -0.462 e. The van der Waals surface area contributed by atoms with E-state index in [1.807, 2.05) is 37.3 Å². The number of cyclic esters (lactones) is 1. The molecule has 3 rings (SSSR count). The van der Waals surface area contributed by atoms with Crippen molar-refractivity contribution in [2.24, 2.45) is 23.5 Å². The van der Waals surface area contributed by atoms with Gasteiger partial charge < -0.3 is 119 Å². The van der Waals surface area contributed by atoms with E-state index < -0.39 is 147 Å². The predicted octanol–water partition coefficient (Wildman–Crippen LogP) is 0.506. The number of aliphatic hydroxyl groups excluding tert-OH is 9. The van der Waals surface area contributed by atoms with Gasteiger partial charge in [0.25, 0.3) is 0 Å². The molecule has 0 saturated carbocycles. The molecule has 0 unspecified atom stereocenters. The van der Waals surface area contributed by atoms with Crippen LogP contribution in [0.3, 0.4) is 0 Å². The number of aliphatic hydroxyl groups is 10. The summed E-state index contributed by atoms with van der Waals surface area (Å²) >= 11 is 0. The average molecular weight is 1290 g/mol. The lowest BCUT2D eigenvalue weighted by Gasteiger charge is -2.46. The quantitative estimate of drug-likeness (QED) is 0.0394. The summed E-state index contributed by atoms with van der Waals surface area (Å²) in [5.74, 6) is -5.85. The summed E-state index contributed by atoms with van der Waals surface area (Å²) in [6.45, 7) is 12.5. The fraction of sp³-hybridized carbons (Fsp3) is 0.750. The number of rotatable bonds is 27. The van der Waals surface area contributed by atoms with E-state index in [0.717, 1.165) is 0 Å². The van der Waals surface area contributed by atoms with Crippen LogP contribution in [0.4, 0.5) is 0 Å². The van der Waals surface area contributed by atoms with Crippen LogP contribution in [-0.2, 0) is 66.4 Å². The van der Waals surface area contributed by atoms with Crippen molar-refractivity contribution < 1.29 is 117 Å². The largest absolute Gasteiger partial charge is 0.462 e. The molecule has 3 aliphatic rings. The number of hydrogen-bond acceptors (Lipinski definition) is 25. The molecule has 0 aromatic rings. The number of methoxy groups -OCH3 is 1. The van der Waals surface area contributed by atoms with Crippen LogP contribution < -0.4 is 11.1 Å². The van der Waals surface area contributed by atoms with Crippen LogP contribution in [0.25, 0.3) is 0 Å². The molecule has 0 aromatic carbocycles. The number of fused-ring (bicyclic) bond motifs is 2. The molecule has 26 heteroatoms. The summed E-state index contributed by atoms with van der Waals surface area (Å²) in [6, 6.07) is -1.16. The molecule has 0 aliphatic carbocycles. The van der Waals surface area contributed by atoms with Gasteiger partial charge >= 0.3 is 5.97 Å². The SMILES string of the molecule is COCCOCCOCCOCCOCCOCCOCCOCCNC(=O)[C@H]1[C@@H]2C[C@@H](O[C@@H]3O[C@H](C)[C@@H](O)[C@H](N)[C@@H]3O)C=CC=CC=CC=CC=CC=CC=C[C@H](C)[C@@H](O)[C@@H](C)[C@H](C)OC(=O)C[C@H](O)C[C@H](O)CC[C@@H](O)[C@H](O)C[C@H](O)C[C@](O)(C[C@@H]1O)O2. The number of allylic oxidation sites excluding steroid dienone is 12. The van der Waals surface area contributed by atoms with Gasteiger partial charge in [-0.25, -0.2) is 0 Å². The maximum atomic E-state index is 14.1. The van der Waals surface area contributed by atoms with Gasteiger partial charge in [-0.05, 0) is 33.1 Å². The minimum atomic E-state index is -2.33. The van der Waals surface area contributed by atoms with Crippen molar-refractivity contribution in [2.45, 2.75) is 177 Å². The fourth-order valence-corrected chi connectivity index (χ4v) is 9.92. The highest BCUT2D eigenvalue weighted by molar-refractivity contribution is 5.80. The van der Waals surface area contributed by atoms with E-state index in [1.165, 1.54) is 0 Å². The Kier molecular flexibility index (Phi) is 42.2. The third-order valence-corrected chi connectivity index (χ3v) is 15.2. The first-order chi connectivity index (χ1) is 43.2. The van der Waals surface area contributed by atoms with E-state index >= 15 is 0 Å². The zero-order valence-electron chi connectivity index (χ0n) is 53.2. The molecule has 1 amide bonds. The maximum absolute atomic E-state index is 14.1. The molecule has 0 aromatic heterocycles. The summed E-state index contributed by atoms with van der Waals surface area (Å²) < 4.78 is 67.4. The Morgan fingerprint density at radius 3 is 1.57 bits per heavy atom. The van der Waals surface area contributed by atoms with E-state index in [-0.39, 0.29) is 58.0 Å². The third kappa shape index (κ3) is 33.9. The second-order valence-electron chi connectivity index (χ2n) is 22.8. The lowest BCUT2D eigenvalue weighted by molar-refractivity contribution is -0.307. The minimum absolute atomic E-state index is 0.000308. The average Bonchev–Trinajstić information content (AvgIpc) is 1.25. The monoisotopic (exact) mass is 1290 g/mol. The summed E-state index contributed by atoms with van der Waals surface area (Å²) in [5, 5.41) is 114. The van der Waals surface area contributed by atoms with Crippen molar-refractivity contribution in [1.82, 2.24) is 5.32 Å². The van der Waals surface area contributed by atoms with Crippen molar-refractivity contribution >= 4 is 11.9 Å². The molecule has 518 valence electrons. The first-order valence-corrected chi connectivity index (χ1v) is 31.4. The second-order valence-corrected chi connectivity index (χ2v) is 22.8. The number of nitrogens with two attached hydrogens (primary N) is 1. The Morgan fingerprint density at radius 1 is 0.556 bits per heavy atom. The van der Waals surface area contributed by atoms with Crippen LogP contribution in [0.2, 0.25) is 0 Å². The molecule has 2 saturated heterocycles. The zero-order chi connectivity index (χ0) is 66.1. The van der Waals surface area contributed by atoms with Crippen molar-refractivity contribution in [2.75, 3.05) is 113 Å². The van der Waals surface area contributed by atoms with Gasteiger partial charge in [0.2, 0.25) is 5.91 Å². The molecule has 2 fully saturated rings. The summed E-state index contributed by atoms with van der Waals surface area (Å²) in [4.78, 5) is 26.9. The first-order valence-electron chi connectivity index (χ1n) is 31.4. The van der Waals surface area contributed by atoms with Gasteiger partial charge in [0.1, 0.15) is 12.2 Å². The Morgan fingerprint density at radius 2 is 1.04 bits per heavy atom. The summed E-state index contributed by atoms with van der Waals surface area (Å²) in [5.41, 5.74) is 6.16. The Bertz CT molecular complexity index is 2120. The van der Waals surface area contributed by atoms with Crippen LogP contribution >= 0.6 is 0 Å². The van der Waals surface area contributed by atoms with Gasteiger partial charge in [-0.2, -0.15) is 0 Å². The number of hydrogen-bond donors (Lipinski definition) is 12. The van der Waals surface area contributed by atoms with E-state index in [1.54, 1.807) is 82.6 Å². The molecule has 26 nitrogen and oxygen atoms in total. The van der Waals surface area contributed by atoms with E-state index in [2.05, 4.69) is 5.32 Å². The van der Waals surface area contributed by atoms with Crippen LogP contribution in [0.5, 0.6) is 0 Å². The molecule has 90 heavy (non-hydrogen) atoms. The second kappa shape index (κ2) is 47.2. The number of nitrogens with one attached hydrogen (secondary N) is 1.